The summed E-state index contributed by atoms with van der Waals surface area (Å²) in [6.45, 7) is 0. The van der Waals surface area contributed by atoms with E-state index >= 15 is 4.57 Å². The van der Waals surface area contributed by atoms with Crippen molar-refractivity contribution in [1.29, 1.82) is 0 Å². The maximum atomic E-state index is 15.6. The zero-order valence-corrected chi connectivity index (χ0v) is 21.9. The van der Waals surface area contributed by atoms with E-state index in [1.54, 1.807) is 0 Å². The van der Waals surface area contributed by atoms with Gasteiger partial charge < -0.3 is 4.57 Å². The lowest BCUT2D eigenvalue weighted by molar-refractivity contribution is 0.592. The largest absolute Gasteiger partial charge is 0.309 e. The van der Waals surface area contributed by atoms with Crippen molar-refractivity contribution < 1.29 is 4.57 Å². The molecule has 4 heteroatoms. The molecule has 0 saturated heterocycles. The highest BCUT2D eigenvalue weighted by molar-refractivity contribution is 7.85. The number of hydrogen-bond donors (Lipinski definition) is 0. The van der Waals surface area contributed by atoms with Gasteiger partial charge in [-0.05, 0) is 51.9 Å². The number of fused-ring (bicyclic) bond motifs is 3. The van der Waals surface area contributed by atoms with Crippen LogP contribution in [0.15, 0.2) is 115 Å². The van der Waals surface area contributed by atoms with E-state index in [-0.39, 0.29) is 0 Å². The molecule has 0 saturated carbocycles. The van der Waals surface area contributed by atoms with Gasteiger partial charge in [-0.15, -0.1) is 0 Å². The Morgan fingerprint density at radius 2 is 1.22 bits per heavy atom. The summed E-state index contributed by atoms with van der Waals surface area (Å²) in [5.74, 6) is 0. The fourth-order valence-electron chi connectivity index (χ4n) is 5.34. The third-order valence-corrected chi connectivity index (χ3v) is 11.0. The summed E-state index contributed by atoms with van der Waals surface area (Å²) in [5, 5.41) is 3.79. The highest BCUT2D eigenvalue weighted by Gasteiger charge is 2.36. The van der Waals surface area contributed by atoms with Crippen LogP contribution in [0.3, 0.4) is 0 Å². The highest BCUT2D eigenvalue weighted by Crippen LogP contribution is 2.48. The van der Waals surface area contributed by atoms with Crippen LogP contribution in [0.4, 0.5) is 0 Å². The summed E-state index contributed by atoms with van der Waals surface area (Å²) in [6.07, 6.45) is 1.28. The van der Waals surface area contributed by atoms with Crippen molar-refractivity contribution >= 4 is 46.3 Å². The molecule has 0 heterocycles. The van der Waals surface area contributed by atoms with Gasteiger partial charge in [0.2, 0.25) is 0 Å². The van der Waals surface area contributed by atoms with Gasteiger partial charge in [0, 0.05) is 32.4 Å². The van der Waals surface area contributed by atoms with Gasteiger partial charge in [-0.1, -0.05) is 126 Å². The molecule has 5 aromatic carbocycles. The molecule has 176 valence electrons. The normalized spacial score (nSPS) is 13.6. The second-order valence-corrected chi connectivity index (χ2v) is 12.6. The van der Waals surface area contributed by atoms with Crippen molar-refractivity contribution in [1.82, 2.24) is 0 Å². The van der Waals surface area contributed by atoms with Crippen LogP contribution in [0.25, 0.3) is 11.1 Å². The molecule has 1 aliphatic carbocycles. The van der Waals surface area contributed by atoms with Crippen LogP contribution in [-0.2, 0) is 17.4 Å². The molecular formula is C32H23Cl2OP. The van der Waals surface area contributed by atoms with E-state index in [0.29, 0.717) is 16.5 Å². The van der Waals surface area contributed by atoms with Crippen molar-refractivity contribution in [3.8, 4) is 11.1 Å². The lowest BCUT2D eigenvalue weighted by Gasteiger charge is -2.25. The Hall–Kier alpha value is -3.09. The van der Waals surface area contributed by atoms with E-state index in [1.165, 1.54) is 16.7 Å². The first-order valence-electron chi connectivity index (χ1n) is 11.9. The predicted octanol–water partition coefficient (Wildman–Crippen LogP) is 7.79. The van der Waals surface area contributed by atoms with Gasteiger partial charge in [0.15, 0.2) is 7.14 Å². The van der Waals surface area contributed by atoms with Crippen LogP contribution in [-0.4, -0.2) is 0 Å². The van der Waals surface area contributed by atoms with Gasteiger partial charge in [0.25, 0.3) is 0 Å². The van der Waals surface area contributed by atoms with E-state index in [2.05, 4.69) is 36.4 Å². The summed E-state index contributed by atoms with van der Waals surface area (Å²) in [7, 11) is -3.24. The van der Waals surface area contributed by atoms with Gasteiger partial charge >= 0.3 is 0 Å². The minimum Gasteiger partial charge on any atom is -0.309 e. The monoisotopic (exact) mass is 524 g/mol. The smallest absolute Gasteiger partial charge is 0.171 e. The van der Waals surface area contributed by atoms with Gasteiger partial charge in [0.1, 0.15) is 0 Å². The zero-order valence-electron chi connectivity index (χ0n) is 19.5. The molecule has 0 bridgehead atoms. The SMILES string of the molecule is O=P(c1ccccc1)(c1ccccc1Cc1c(Cl)cccc1Cl)c1cccc2c1Cc1ccccc1-2. The second-order valence-electron chi connectivity index (χ2n) is 9.09. The van der Waals surface area contributed by atoms with Crippen LogP contribution >= 0.6 is 30.3 Å². The standard InChI is InChI=1S/C32H23Cl2OP/c33-29-16-9-17-30(34)28(29)21-23-11-5-7-18-31(23)36(35,24-12-2-1-3-13-24)32-19-8-15-26-25-14-6-4-10-22(25)20-27(26)32/h1-19H,20-21H2. The van der Waals surface area contributed by atoms with Crippen molar-refractivity contribution in [2.24, 2.45) is 0 Å². The van der Waals surface area contributed by atoms with E-state index in [1.807, 2.05) is 78.9 Å². The third kappa shape index (κ3) is 3.84. The molecule has 6 rings (SSSR count). The van der Waals surface area contributed by atoms with E-state index in [9.17, 15) is 0 Å². The zero-order chi connectivity index (χ0) is 24.7. The van der Waals surface area contributed by atoms with Gasteiger partial charge in [-0.2, -0.15) is 0 Å². The molecule has 0 N–H and O–H groups in total. The van der Waals surface area contributed by atoms with E-state index < -0.39 is 7.14 Å². The molecular weight excluding hydrogens is 502 g/mol. The lowest BCUT2D eigenvalue weighted by atomic mass is 10.0. The molecule has 0 amide bonds. The fraction of sp³-hybridized carbons (Fsp3) is 0.0625. The fourth-order valence-corrected chi connectivity index (χ4v) is 9.01. The molecule has 1 nitrogen and oxygen atoms in total. The average molecular weight is 525 g/mol. The molecule has 5 aromatic rings. The highest BCUT2D eigenvalue weighted by atomic mass is 35.5. The van der Waals surface area contributed by atoms with Crippen molar-refractivity contribution in [3.05, 3.63) is 148 Å². The summed E-state index contributed by atoms with van der Waals surface area (Å²) >= 11 is 13.1. The van der Waals surface area contributed by atoms with Crippen LogP contribution in [0.5, 0.6) is 0 Å². The Labute approximate surface area is 221 Å². The van der Waals surface area contributed by atoms with Crippen molar-refractivity contribution in [2.45, 2.75) is 12.8 Å². The number of rotatable bonds is 5. The van der Waals surface area contributed by atoms with Crippen LogP contribution in [0.1, 0.15) is 22.3 Å². The second kappa shape index (κ2) is 9.41. The number of benzene rings is 5. The first-order chi connectivity index (χ1) is 17.6. The lowest BCUT2D eigenvalue weighted by Crippen LogP contribution is -2.29. The summed E-state index contributed by atoms with van der Waals surface area (Å²) in [4.78, 5) is 0. The van der Waals surface area contributed by atoms with E-state index in [0.717, 1.165) is 39.0 Å². The van der Waals surface area contributed by atoms with Gasteiger partial charge in [0.05, 0.1) is 0 Å². The van der Waals surface area contributed by atoms with Gasteiger partial charge in [-0.25, -0.2) is 0 Å². The van der Waals surface area contributed by atoms with E-state index in [4.69, 9.17) is 23.2 Å². The van der Waals surface area contributed by atoms with Crippen LogP contribution in [0.2, 0.25) is 10.0 Å². The molecule has 36 heavy (non-hydrogen) atoms. The Bertz CT molecular complexity index is 1620. The Morgan fingerprint density at radius 1 is 0.611 bits per heavy atom. The van der Waals surface area contributed by atoms with Crippen LogP contribution < -0.4 is 15.9 Å². The minimum absolute atomic E-state index is 0.501. The summed E-state index contributed by atoms with van der Waals surface area (Å²) in [5.41, 5.74) is 6.63. The molecule has 1 unspecified atom stereocenters. The predicted molar refractivity (Wildman–Crippen MR) is 153 cm³/mol. The molecule has 0 radical (unpaired) electrons. The number of hydrogen-bond acceptors (Lipinski definition) is 1. The Balaban J connectivity index is 1.60. The van der Waals surface area contributed by atoms with Crippen LogP contribution in [0, 0.1) is 0 Å². The molecule has 0 aromatic heterocycles. The third-order valence-electron chi connectivity index (χ3n) is 7.04. The summed E-state index contributed by atoms with van der Waals surface area (Å²) < 4.78 is 15.6. The average Bonchev–Trinajstić information content (AvgIpc) is 3.30. The maximum Gasteiger partial charge on any atom is 0.171 e. The van der Waals surface area contributed by atoms with Crippen molar-refractivity contribution in [2.75, 3.05) is 0 Å². The Morgan fingerprint density at radius 3 is 2.03 bits per heavy atom. The van der Waals surface area contributed by atoms with Gasteiger partial charge in [-0.3, -0.25) is 0 Å². The molecule has 1 aliphatic rings. The summed E-state index contributed by atoms with van der Waals surface area (Å²) in [6, 6.07) is 38.1. The molecule has 0 fully saturated rings. The number of halogens is 2. The Kier molecular flexibility index (Phi) is 6.10. The quantitative estimate of drug-likeness (QED) is 0.210. The molecule has 0 spiro atoms. The first-order valence-corrected chi connectivity index (χ1v) is 14.4. The molecule has 1 atom stereocenters. The minimum atomic E-state index is -3.24. The topological polar surface area (TPSA) is 17.1 Å². The first kappa shape index (κ1) is 23.3. The maximum absolute atomic E-state index is 15.6. The molecule has 0 aliphatic heterocycles. The van der Waals surface area contributed by atoms with Crippen molar-refractivity contribution in [3.63, 3.8) is 0 Å².